The smallest absolute Gasteiger partial charge is 0.305 e. The van der Waals surface area contributed by atoms with Crippen LogP contribution in [0.5, 0.6) is 0 Å². The SMILES string of the molecule is CCCCCC(CCCCC)CCOC(=O)CCCCCCCC1(CCCCCCCC(=O)OCCC(CCCCC)CCCCC)OCC(CCN(C)C(C)C)O1. The van der Waals surface area contributed by atoms with E-state index in [0.29, 0.717) is 50.5 Å². The molecule has 0 saturated carbocycles. The van der Waals surface area contributed by atoms with Crippen molar-refractivity contribution in [1.82, 2.24) is 4.90 Å². The highest BCUT2D eigenvalue weighted by Gasteiger charge is 2.40. The first-order valence-corrected chi connectivity index (χ1v) is 25.5. The summed E-state index contributed by atoms with van der Waals surface area (Å²) in [5.41, 5.74) is 0. The second kappa shape index (κ2) is 37.6. The van der Waals surface area contributed by atoms with E-state index in [1.54, 1.807) is 0 Å². The summed E-state index contributed by atoms with van der Waals surface area (Å²) in [6.07, 6.45) is 37.4. The van der Waals surface area contributed by atoms with Gasteiger partial charge in [0.1, 0.15) is 0 Å². The summed E-state index contributed by atoms with van der Waals surface area (Å²) in [6.45, 7) is 16.4. The molecule has 1 aliphatic heterocycles. The van der Waals surface area contributed by atoms with E-state index in [2.05, 4.69) is 53.5 Å². The van der Waals surface area contributed by atoms with Gasteiger partial charge in [-0.05, 0) is 77.7 Å². The van der Waals surface area contributed by atoms with Crippen molar-refractivity contribution in [2.24, 2.45) is 11.8 Å². The molecule has 0 aromatic heterocycles. The van der Waals surface area contributed by atoms with E-state index in [4.69, 9.17) is 18.9 Å². The van der Waals surface area contributed by atoms with Crippen molar-refractivity contribution in [3.05, 3.63) is 0 Å². The van der Waals surface area contributed by atoms with Gasteiger partial charge in [-0.15, -0.1) is 0 Å². The second-order valence-corrected chi connectivity index (χ2v) is 18.6. The minimum atomic E-state index is -0.468. The van der Waals surface area contributed by atoms with Gasteiger partial charge in [-0.2, -0.15) is 0 Å². The molecule has 1 fully saturated rings. The minimum Gasteiger partial charge on any atom is -0.466 e. The van der Waals surface area contributed by atoms with Gasteiger partial charge < -0.3 is 23.8 Å². The van der Waals surface area contributed by atoms with E-state index in [9.17, 15) is 9.59 Å². The topological polar surface area (TPSA) is 74.3 Å². The van der Waals surface area contributed by atoms with Crippen molar-refractivity contribution in [3.63, 3.8) is 0 Å². The lowest BCUT2D eigenvalue weighted by Gasteiger charge is -2.29. The van der Waals surface area contributed by atoms with Crippen molar-refractivity contribution < 1.29 is 28.5 Å². The van der Waals surface area contributed by atoms with Gasteiger partial charge in [0.2, 0.25) is 0 Å². The first-order chi connectivity index (χ1) is 28.2. The first kappa shape index (κ1) is 54.8. The maximum atomic E-state index is 12.5. The third kappa shape index (κ3) is 29.9. The largest absolute Gasteiger partial charge is 0.466 e. The number of rotatable bonds is 42. The molecule has 1 atom stereocenters. The number of hydrogen-bond donors (Lipinski definition) is 0. The van der Waals surface area contributed by atoms with Crippen molar-refractivity contribution in [2.75, 3.05) is 33.4 Å². The molecule has 0 amide bonds. The predicted molar refractivity (Wildman–Crippen MR) is 245 cm³/mol. The van der Waals surface area contributed by atoms with E-state index < -0.39 is 5.79 Å². The maximum absolute atomic E-state index is 12.5. The predicted octanol–water partition coefficient (Wildman–Crippen LogP) is 14.7. The molecule has 1 saturated heterocycles. The van der Waals surface area contributed by atoms with Crippen LogP contribution in [-0.4, -0.2) is 68.2 Å². The quantitative estimate of drug-likeness (QED) is 0.0448. The van der Waals surface area contributed by atoms with Gasteiger partial charge in [-0.3, -0.25) is 9.59 Å². The normalized spacial score (nSPS) is 15.4. The number of carbonyl (C=O) groups excluding carboxylic acids is 2. The van der Waals surface area contributed by atoms with Crippen molar-refractivity contribution in [2.45, 2.75) is 271 Å². The summed E-state index contributed by atoms with van der Waals surface area (Å²) in [4.78, 5) is 27.3. The van der Waals surface area contributed by atoms with Crippen LogP contribution in [-0.2, 0) is 28.5 Å². The number of unbranched alkanes of at least 4 members (excludes halogenated alkanes) is 16. The number of esters is 2. The first-order valence-electron chi connectivity index (χ1n) is 25.5. The average Bonchev–Trinajstić information content (AvgIpc) is 3.61. The average molecular weight is 822 g/mol. The van der Waals surface area contributed by atoms with E-state index in [-0.39, 0.29) is 18.0 Å². The van der Waals surface area contributed by atoms with Gasteiger partial charge in [0.05, 0.1) is 25.9 Å². The number of nitrogens with zero attached hydrogens (tertiary/aromatic N) is 1. The molecule has 1 aliphatic rings. The van der Waals surface area contributed by atoms with Gasteiger partial charge in [0.25, 0.3) is 0 Å². The molecule has 1 heterocycles. The fraction of sp³-hybridized carbons (Fsp3) is 0.961. The molecule has 1 rings (SSSR count). The van der Waals surface area contributed by atoms with Gasteiger partial charge in [0.15, 0.2) is 5.79 Å². The lowest BCUT2D eigenvalue weighted by Crippen LogP contribution is -2.33. The van der Waals surface area contributed by atoms with Gasteiger partial charge in [-0.25, -0.2) is 0 Å². The van der Waals surface area contributed by atoms with Crippen molar-refractivity contribution in [1.29, 1.82) is 0 Å². The van der Waals surface area contributed by atoms with Crippen LogP contribution in [0, 0.1) is 11.8 Å². The molecule has 0 aliphatic carbocycles. The van der Waals surface area contributed by atoms with Crippen LogP contribution in [0.2, 0.25) is 0 Å². The monoisotopic (exact) mass is 822 g/mol. The summed E-state index contributed by atoms with van der Waals surface area (Å²) >= 11 is 0. The van der Waals surface area contributed by atoms with Gasteiger partial charge in [-0.1, -0.05) is 169 Å². The van der Waals surface area contributed by atoms with Crippen LogP contribution in [0.15, 0.2) is 0 Å². The van der Waals surface area contributed by atoms with E-state index in [1.165, 1.54) is 103 Å². The highest BCUT2D eigenvalue weighted by Crippen LogP contribution is 2.36. The van der Waals surface area contributed by atoms with Crippen molar-refractivity contribution in [3.8, 4) is 0 Å². The highest BCUT2D eigenvalue weighted by atomic mass is 16.7. The summed E-state index contributed by atoms with van der Waals surface area (Å²) in [6, 6.07) is 0.525. The molecular weight excluding hydrogens is 723 g/mol. The van der Waals surface area contributed by atoms with Gasteiger partial charge >= 0.3 is 11.9 Å². The standard InChI is InChI=1S/C51H99NO6/c1-8-12-22-30-46(31-23-13-9-2)37-42-55-49(53)34-26-18-16-20-28-39-51(57-44-48(58-51)36-41-52(7)45(5)6)40-29-21-17-19-27-35-50(54)56-43-38-47(32-24-14-10-3)33-25-15-11-4/h45-48H,8-44H2,1-7H3. The molecular formula is C51H99NO6. The Balaban J connectivity index is 2.37. The maximum Gasteiger partial charge on any atom is 0.305 e. The molecule has 7 heteroatoms. The Morgan fingerprint density at radius 2 is 0.966 bits per heavy atom. The van der Waals surface area contributed by atoms with Crippen LogP contribution >= 0.6 is 0 Å². The zero-order valence-corrected chi connectivity index (χ0v) is 39.9. The molecule has 58 heavy (non-hydrogen) atoms. The van der Waals surface area contributed by atoms with Crippen LogP contribution in [0.3, 0.4) is 0 Å². The molecule has 1 unspecified atom stereocenters. The Kier molecular flexibility index (Phi) is 35.5. The Bertz CT molecular complexity index is 866. The Hall–Kier alpha value is -1.18. The summed E-state index contributed by atoms with van der Waals surface area (Å²) in [5.74, 6) is 0.903. The summed E-state index contributed by atoms with van der Waals surface area (Å²) in [7, 11) is 2.19. The number of ether oxygens (including phenoxy) is 4. The fourth-order valence-corrected chi connectivity index (χ4v) is 8.56. The third-order valence-electron chi connectivity index (χ3n) is 12.9. The zero-order chi connectivity index (χ0) is 42.5. The Labute approximate surface area is 361 Å². The molecule has 0 aromatic rings. The lowest BCUT2D eigenvalue weighted by atomic mass is 9.92. The highest BCUT2D eigenvalue weighted by molar-refractivity contribution is 5.69. The molecule has 0 aromatic carbocycles. The van der Waals surface area contributed by atoms with Crippen LogP contribution in [0.1, 0.15) is 253 Å². The molecule has 0 bridgehead atoms. The third-order valence-corrected chi connectivity index (χ3v) is 12.9. The molecule has 344 valence electrons. The van der Waals surface area contributed by atoms with E-state index >= 15 is 0 Å². The van der Waals surface area contributed by atoms with E-state index in [0.717, 1.165) is 103 Å². The number of hydrogen-bond acceptors (Lipinski definition) is 7. The molecule has 0 N–H and O–H groups in total. The van der Waals surface area contributed by atoms with Crippen molar-refractivity contribution >= 4 is 11.9 Å². The second-order valence-electron chi connectivity index (χ2n) is 18.6. The van der Waals surface area contributed by atoms with E-state index in [1.807, 2.05) is 0 Å². The molecule has 0 spiro atoms. The van der Waals surface area contributed by atoms with Gasteiger partial charge in [0, 0.05) is 38.3 Å². The molecule has 7 nitrogen and oxygen atoms in total. The summed E-state index contributed by atoms with van der Waals surface area (Å²) < 4.78 is 24.6. The fourth-order valence-electron chi connectivity index (χ4n) is 8.56. The van der Waals surface area contributed by atoms with Crippen LogP contribution in [0.25, 0.3) is 0 Å². The summed E-state index contributed by atoms with van der Waals surface area (Å²) in [5, 5.41) is 0. The minimum absolute atomic E-state index is 0.0173. The molecule has 0 radical (unpaired) electrons. The van der Waals surface area contributed by atoms with Crippen LogP contribution in [0.4, 0.5) is 0 Å². The Morgan fingerprint density at radius 3 is 1.36 bits per heavy atom. The lowest BCUT2D eigenvalue weighted by molar-refractivity contribution is -0.180. The Morgan fingerprint density at radius 1 is 0.569 bits per heavy atom. The zero-order valence-electron chi connectivity index (χ0n) is 39.9. The number of carbonyl (C=O) groups is 2. The van der Waals surface area contributed by atoms with Crippen LogP contribution < -0.4 is 0 Å².